The van der Waals surface area contributed by atoms with Crippen LogP contribution in [0.5, 0.6) is 0 Å². The molecule has 1 aromatic carbocycles. The largest absolute Gasteiger partial charge is 0.353 e. The van der Waals surface area contributed by atoms with Crippen LogP contribution in [0.25, 0.3) is 0 Å². The number of rotatable bonds is 6. The minimum atomic E-state index is -3.57. The fraction of sp³-hybridized carbons (Fsp3) is 0.500. The smallest absolute Gasteiger partial charge is 0.240 e. The minimum Gasteiger partial charge on any atom is -0.353 e. The summed E-state index contributed by atoms with van der Waals surface area (Å²) in [5.74, 6) is -0.0983. The van der Waals surface area contributed by atoms with Gasteiger partial charge < -0.3 is 5.32 Å². The molecule has 0 aromatic heterocycles. The number of amides is 1. The van der Waals surface area contributed by atoms with Crippen LogP contribution >= 0.6 is 15.9 Å². The first-order valence-electron chi connectivity index (χ1n) is 7.02. The van der Waals surface area contributed by atoms with Gasteiger partial charge >= 0.3 is 0 Å². The third kappa shape index (κ3) is 5.09. The van der Waals surface area contributed by atoms with Crippen LogP contribution in [-0.4, -0.2) is 26.9 Å². The van der Waals surface area contributed by atoms with Gasteiger partial charge in [-0.3, -0.25) is 4.79 Å². The number of hydrogen-bond donors (Lipinski definition) is 2. The molecule has 1 fully saturated rings. The fourth-order valence-electron chi connectivity index (χ4n) is 2.39. The molecule has 2 rings (SSSR count). The third-order valence-electron chi connectivity index (χ3n) is 3.47. The van der Waals surface area contributed by atoms with Crippen LogP contribution in [0, 0.1) is 0 Å². The SMILES string of the molecule is O=C(CCNS(=O)(=O)c1cccc(Br)c1)NC1CCCC1. The van der Waals surface area contributed by atoms with Gasteiger partial charge in [0.1, 0.15) is 0 Å². The molecule has 0 radical (unpaired) electrons. The van der Waals surface area contributed by atoms with Crippen LogP contribution < -0.4 is 10.0 Å². The summed E-state index contributed by atoms with van der Waals surface area (Å²) >= 11 is 3.24. The van der Waals surface area contributed by atoms with E-state index in [1.54, 1.807) is 12.1 Å². The summed E-state index contributed by atoms with van der Waals surface area (Å²) in [7, 11) is -3.57. The topological polar surface area (TPSA) is 75.3 Å². The maximum Gasteiger partial charge on any atom is 0.240 e. The van der Waals surface area contributed by atoms with Gasteiger partial charge in [-0.15, -0.1) is 0 Å². The summed E-state index contributed by atoms with van der Waals surface area (Å²) in [4.78, 5) is 11.9. The Kier molecular flexibility index (Phi) is 5.78. The first kappa shape index (κ1) is 16.5. The van der Waals surface area contributed by atoms with Crippen molar-refractivity contribution in [2.45, 2.75) is 43.0 Å². The van der Waals surface area contributed by atoms with Gasteiger partial charge in [0.05, 0.1) is 4.90 Å². The van der Waals surface area contributed by atoms with Crippen molar-refractivity contribution in [1.29, 1.82) is 0 Å². The van der Waals surface area contributed by atoms with Crippen molar-refractivity contribution >= 4 is 31.9 Å². The van der Waals surface area contributed by atoms with E-state index in [1.807, 2.05) is 0 Å². The molecule has 0 atom stereocenters. The number of carbonyl (C=O) groups excluding carboxylic acids is 1. The van der Waals surface area contributed by atoms with Gasteiger partial charge in [-0.05, 0) is 31.0 Å². The van der Waals surface area contributed by atoms with E-state index in [-0.39, 0.29) is 29.8 Å². The average Bonchev–Trinajstić information content (AvgIpc) is 2.91. The first-order chi connectivity index (χ1) is 9.97. The molecule has 2 N–H and O–H groups in total. The van der Waals surface area contributed by atoms with E-state index in [9.17, 15) is 13.2 Å². The molecule has 116 valence electrons. The molecule has 0 heterocycles. The van der Waals surface area contributed by atoms with Crippen molar-refractivity contribution in [3.8, 4) is 0 Å². The van der Waals surface area contributed by atoms with Crippen molar-refractivity contribution in [3.63, 3.8) is 0 Å². The molecule has 0 saturated heterocycles. The van der Waals surface area contributed by atoms with Crippen molar-refractivity contribution in [3.05, 3.63) is 28.7 Å². The molecule has 1 saturated carbocycles. The van der Waals surface area contributed by atoms with Crippen molar-refractivity contribution in [2.75, 3.05) is 6.54 Å². The van der Waals surface area contributed by atoms with Crippen LogP contribution in [0.1, 0.15) is 32.1 Å². The second-order valence-electron chi connectivity index (χ2n) is 5.15. The lowest BCUT2D eigenvalue weighted by Gasteiger charge is -2.12. The molecule has 0 unspecified atom stereocenters. The fourth-order valence-corrected chi connectivity index (χ4v) is 4.01. The van der Waals surface area contributed by atoms with Crippen molar-refractivity contribution in [1.82, 2.24) is 10.0 Å². The average molecular weight is 375 g/mol. The Morgan fingerprint density at radius 3 is 2.67 bits per heavy atom. The van der Waals surface area contributed by atoms with Gasteiger partial charge in [-0.1, -0.05) is 34.8 Å². The third-order valence-corrected chi connectivity index (χ3v) is 5.42. The number of sulfonamides is 1. The first-order valence-corrected chi connectivity index (χ1v) is 9.29. The molecule has 1 amide bonds. The van der Waals surface area contributed by atoms with E-state index in [4.69, 9.17) is 0 Å². The van der Waals surface area contributed by atoms with Gasteiger partial charge in [0, 0.05) is 23.5 Å². The van der Waals surface area contributed by atoms with Crippen LogP contribution in [0.2, 0.25) is 0 Å². The summed E-state index contributed by atoms with van der Waals surface area (Å²) in [6, 6.07) is 6.73. The van der Waals surface area contributed by atoms with E-state index in [1.165, 1.54) is 12.1 Å². The van der Waals surface area contributed by atoms with Gasteiger partial charge in [-0.2, -0.15) is 0 Å². The molecule has 7 heteroatoms. The predicted octanol–water partition coefficient (Wildman–Crippen LogP) is 2.18. The molecule has 1 aliphatic rings. The maximum absolute atomic E-state index is 12.0. The van der Waals surface area contributed by atoms with E-state index < -0.39 is 10.0 Å². The second-order valence-corrected chi connectivity index (χ2v) is 7.84. The number of nitrogens with one attached hydrogen (secondary N) is 2. The monoisotopic (exact) mass is 374 g/mol. The predicted molar refractivity (Wildman–Crippen MR) is 84.3 cm³/mol. The molecule has 0 spiro atoms. The number of hydrogen-bond acceptors (Lipinski definition) is 3. The van der Waals surface area contributed by atoms with Gasteiger partial charge in [0.25, 0.3) is 0 Å². The summed E-state index contributed by atoms with van der Waals surface area (Å²) < 4.78 is 27.2. The molecular formula is C14H19BrN2O3S. The van der Waals surface area contributed by atoms with Crippen LogP contribution in [0.15, 0.2) is 33.6 Å². The highest BCUT2D eigenvalue weighted by Crippen LogP contribution is 2.18. The number of halogens is 1. The summed E-state index contributed by atoms with van der Waals surface area (Å²) in [6.45, 7) is 0.105. The van der Waals surface area contributed by atoms with Crippen molar-refractivity contribution in [2.24, 2.45) is 0 Å². The Bertz CT molecular complexity index is 598. The molecule has 1 aromatic rings. The van der Waals surface area contributed by atoms with E-state index in [0.29, 0.717) is 4.47 Å². The Hall–Kier alpha value is -0.920. The van der Waals surface area contributed by atoms with E-state index in [2.05, 4.69) is 26.0 Å². The molecule has 21 heavy (non-hydrogen) atoms. The summed E-state index contributed by atoms with van der Waals surface area (Å²) in [6.07, 6.45) is 4.51. The Morgan fingerprint density at radius 1 is 1.29 bits per heavy atom. The Morgan fingerprint density at radius 2 is 2.00 bits per heavy atom. The maximum atomic E-state index is 12.0. The highest BCUT2D eigenvalue weighted by atomic mass is 79.9. The van der Waals surface area contributed by atoms with Gasteiger partial charge in [0.2, 0.25) is 15.9 Å². The Labute approximate surface area is 133 Å². The van der Waals surface area contributed by atoms with Gasteiger partial charge in [0.15, 0.2) is 0 Å². The number of benzene rings is 1. The van der Waals surface area contributed by atoms with Gasteiger partial charge in [-0.25, -0.2) is 13.1 Å². The molecule has 5 nitrogen and oxygen atoms in total. The van der Waals surface area contributed by atoms with Crippen molar-refractivity contribution < 1.29 is 13.2 Å². The quantitative estimate of drug-likeness (QED) is 0.800. The van der Waals surface area contributed by atoms with E-state index in [0.717, 1.165) is 25.7 Å². The molecule has 0 aliphatic heterocycles. The molecule has 0 bridgehead atoms. The lowest BCUT2D eigenvalue weighted by molar-refractivity contribution is -0.121. The zero-order valence-corrected chi connectivity index (χ0v) is 14.0. The zero-order valence-electron chi connectivity index (χ0n) is 11.6. The van der Waals surface area contributed by atoms with Crippen LogP contribution in [-0.2, 0) is 14.8 Å². The highest BCUT2D eigenvalue weighted by Gasteiger charge is 2.18. The summed E-state index contributed by atoms with van der Waals surface area (Å²) in [5.41, 5.74) is 0. The normalized spacial score (nSPS) is 16.0. The zero-order chi connectivity index (χ0) is 15.3. The minimum absolute atomic E-state index is 0.0983. The standard InChI is InChI=1S/C14H19BrN2O3S/c15-11-4-3-7-13(10-11)21(19,20)16-9-8-14(18)17-12-5-1-2-6-12/h3-4,7,10,12,16H,1-2,5-6,8-9H2,(H,17,18). The summed E-state index contributed by atoms with van der Waals surface area (Å²) in [5, 5.41) is 2.93. The second kappa shape index (κ2) is 7.38. The van der Waals surface area contributed by atoms with Crippen LogP contribution in [0.3, 0.4) is 0 Å². The van der Waals surface area contributed by atoms with Crippen LogP contribution in [0.4, 0.5) is 0 Å². The number of carbonyl (C=O) groups is 1. The molecular weight excluding hydrogens is 356 g/mol. The lowest BCUT2D eigenvalue weighted by atomic mass is 10.2. The lowest BCUT2D eigenvalue weighted by Crippen LogP contribution is -2.35. The molecule has 1 aliphatic carbocycles. The Balaban J connectivity index is 1.80. The van der Waals surface area contributed by atoms with E-state index >= 15 is 0 Å². The highest BCUT2D eigenvalue weighted by molar-refractivity contribution is 9.10.